The van der Waals surface area contributed by atoms with Crippen LogP contribution in [0.1, 0.15) is 66.5 Å². The van der Waals surface area contributed by atoms with Crippen LogP contribution in [0.3, 0.4) is 0 Å². The van der Waals surface area contributed by atoms with Crippen molar-refractivity contribution in [1.82, 2.24) is 24.6 Å². The van der Waals surface area contributed by atoms with E-state index in [1.165, 1.54) is 6.07 Å². The Morgan fingerprint density at radius 1 is 1.18 bits per heavy atom. The molecule has 0 bridgehead atoms. The summed E-state index contributed by atoms with van der Waals surface area (Å²) >= 11 is 0. The molecule has 3 aromatic rings. The van der Waals surface area contributed by atoms with Gasteiger partial charge in [-0.15, -0.1) is 10.2 Å². The van der Waals surface area contributed by atoms with Gasteiger partial charge in [-0.25, -0.2) is 9.37 Å². The average Bonchev–Trinajstić information content (AvgIpc) is 3.41. The number of nitrogens with one attached hydrogen (secondary N) is 1. The Kier molecular flexibility index (Phi) is 5.85. The minimum Gasteiger partial charge on any atom is -0.338 e. The summed E-state index contributed by atoms with van der Waals surface area (Å²) < 4.78 is 16.9. The van der Waals surface area contributed by atoms with Crippen LogP contribution in [0.15, 0.2) is 30.3 Å². The van der Waals surface area contributed by atoms with E-state index >= 15 is 0 Å². The van der Waals surface area contributed by atoms with Crippen LogP contribution in [0, 0.1) is 5.82 Å². The van der Waals surface area contributed by atoms with Gasteiger partial charge in [0.25, 0.3) is 5.91 Å². The van der Waals surface area contributed by atoms with E-state index in [9.17, 15) is 14.0 Å². The quantitative estimate of drug-likeness (QED) is 0.620. The number of hydrogen-bond donors (Lipinski definition) is 1. The van der Waals surface area contributed by atoms with E-state index in [0.717, 1.165) is 36.2 Å². The summed E-state index contributed by atoms with van der Waals surface area (Å²) in [5.41, 5.74) is 2.18. The van der Waals surface area contributed by atoms with Crippen LogP contribution >= 0.6 is 0 Å². The summed E-state index contributed by atoms with van der Waals surface area (Å²) in [5.74, 6) is 0.821. The molecule has 5 rings (SSSR count). The van der Waals surface area contributed by atoms with Crippen molar-refractivity contribution in [2.24, 2.45) is 0 Å². The van der Waals surface area contributed by atoms with Crippen LogP contribution in [-0.4, -0.2) is 43.0 Å². The molecule has 0 saturated heterocycles. The first-order valence-corrected chi connectivity index (χ1v) is 11.8. The Balaban J connectivity index is 1.37. The molecule has 0 aliphatic carbocycles. The van der Waals surface area contributed by atoms with Crippen LogP contribution in [0.4, 0.5) is 10.2 Å². The third-order valence-electron chi connectivity index (χ3n) is 6.58. The lowest BCUT2D eigenvalue weighted by Crippen LogP contribution is -2.36. The molecule has 0 fully saturated rings. The zero-order chi connectivity index (χ0) is 23.8. The number of aryl methyl sites for hydroxylation is 1. The first-order valence-electron chi connectivity index (χ1n) is 11.8. The van der Waals surface area contributed by atoms with Crippen LogP contribution in [0.2, 0.25) is 0 Å². The highest BCUT2D eigenvalue weighted by Crippen LogP contribution is 2.30. The van der Waals surface area contributed by atoms with Gasteiger partial charge in [0.05, 0.1) is 5.56 Å². The van der Waals surface area contributed by atoms with Crippen LogP contribution in [0.25, 0.3) is 11.5 Å². The van der Waals surface area contributed by atoms with Crippen molar-refractivity contribution in [1.29, 1.82) is 0 Å². The minimum absolute atomic E-state index is 0.0623. The fourth-order valence-electron chi connectivity index (χ4n) is 4.75. The van der Waals surface area contributed by atoms with Gasteiger partial charge < -0.3 is 14.8 Å². The number of benzene rings is 1. The molecule has 176 valence electrons. The molecule has 1 N–H and O–H groups in total. The molecule has 34 heavy (non-hydrogen) atoms. The van der Waals surface area contributed by atoms with Gasteiger partial charge in [0.1, 0.15) is 23.2 Å². The number of fused-ring (bicyclic) bond motifs is 2. The van der Waals surface area contributed by atoms with Gasteiger partial charge in [-0.05, 0) is 61.6 Å². The zero-order valence-electron chi connectivity index (χ0n) is 19.3. The fraction of sp³-hybridized carbons (Fsp3) is 0.400. The summed E-state index contributed by atoms with van der Waals surface area (Å²) in [6.45, 7) is 5.04. The Morgan fingerprint density at radius 3 is 2.85 bits per heavy atom. The molecule has 4 heterocycles. The van der Waals surface area contributed by atoms with E-state index in [4.69, 9.17) is 0 Å². The molecule has 2 amide bonds. The van der Waals surface area contributed by atoms with Gasteiger partial charge in [-0.3, -0.25) is 9.59 Å². The third-order valence-corrected chi connectivity index (χ3v) is 6.58. The van der Waals surface area contributed by atoms with Crippen molar-refractivity contribution in [2.45, 2.75) is 58.5 Å². The van der Waals surface area contributed by atoms with E-state index in [1.54, 1.807) is 23.1 Å². The zero-order valence-corrected chi connectivity index (χ0v) is 19.3. The average molecular weight is 463 g/mol. The smallest absolute Gasteiger partial charge is 0.259 e. The Labute approximate surface area is 197 Å². The summed E-state index contributed by atoms with van der Waals surface area (Å²) in [4.78, 5) is 31.6. The third kappa shape index (κ3) is 4.06. The van der Waals surface area contributed by atoms with Crippen LogP contribution in [-0.2, 0) is 24.2 Å². The summed E-state index contributed by atoms with van der Waals surface area (Å²) in [6, 6.07) is 8.51. The minimum atomic E-state index is -0.582. The highest BCUT2D eigenvalue weighted by atomic mass is 19.1. The maximum absolute atomic E-state index is 14.8. The van der Waals surface area contributed by atoms with Crippen molar-refractivity contribution < 1.29 is 14.0 Å². The number of aromatic nitrogens is 4. The summed E-state index contributed by atoms with van der Waals surface area (Å²) in [6.07, 6.45) is 3.73. The summed E-state index contributed by atoms with van der Waals surface area (Å²) in [5, 5.41) is 11.2. The van der Waals surface area contributed by atoms with Crippen LogP contribution < -0.4 is 5.32 Å². The molecule has 1 atom stereocenters. The lowest BCUT2D eigenvalue weighted by Gasteiger charge is -2.29. The number of rotatable bonds is 5. The number of carbonyl (C=O) groups is 2. The number of halogens is 1. The van der Waals surface area contributed by atoms with Gasteiger partial charge >= 0.3 is 0 Å². The van der Waals surface area contributed by atoms with Crippen molar-refractivity contribution >= 4 is 17.6 Å². The van der Waals surface area contributed by atoms with E-state index in [1.807, 2.05) is 13.0 Å². The van der Waals surface area contributed by atoms with Gasteiger partial charge in [0.15, 0.2) is 5.82 Å². The van der Waals surface area contributed by atoms with Crippen molar-refractivity contribution in [3.05, 3.63) is 58.7 Å². The molecule has 2 aromatic heterocycles. The number of amides is 2. The van der Waals surface area contributed by atoms with Crippen molar-refractivity contribution in [3.8, 4) is 11.5 Å². The standard InChI is InChI=1S/C25H27FN6O2/c1-3-5-23(33)31-11-10-16-13-19(26)18(12-17(16)14-31)25(34)28-21-7-4-6-20(27-21)24-30-29-22-9-8-15(2)32(22)24/h4,6-7,12-13,15H,3,5,8-11,14H2,1-2H3,(H,27,28,34)/t15-/m0/s1. The molecule has 0 spiro atoms. The Bertz CT molecular complexity index is 1270. The molecule has 1 aromatic carbocycles. The lowest BCUT2D eigenvalue weighted by molar-refractivity contribution is -0.132. The van der Waals surface area contributed by atoms with Gasteiger partial charge in [0, 0.05) is 32.0 Å². The second-order valence-electron chi connectivity index (χ2n) is 8.98. The molecule has 0 saturated carbocycles. The molecule has 2 aliphatic rings. The largest absolute Gasteiger partial charge is 0.338 e. The van der Waals surface area contributed by atoms with E-state index < -0.39 is 11.7 Å². The maximum atomic E-state index is 14.8. The van der Waals surface area contributed by atoms with E-state index in [-0.39, 0.29) is 17.5 Å². The molecule has 0 radical (unpaired) electrons. The number of pyridine rings is 1. The number of nitrogens with zero attached hydrogens (tertiary/aromatic N) is 5. The first kappa shape index (κ1) is 22.2. The maximum Gasteiger partial charge on any atom is 0.259 e. The highest BCUT2D eigenvalue weighted by Gasteiger charge is 2.26. The second kappa shape index (κ2) is 8.96. The van der Waals surface area contributed by atoms with E-state index in [2.05, 4.69) is 32.0 Å². The van der Waals surface area contributed by atoms with Crippen molar-refractivity contribution in [3.63, 3.8) is 0 Å². The Morgan fingerprint density at radius 2 is 2.03 bits per heavy atom. The SMILES string of the molecule is CCCC(=O)N1CCc2cc(F)c(C(=O)Nc3cccc(-c4nnc5n4[C@@H](C)CC5)n3)cc2C1. The van der Waals surface area contributed by atoms with Crippen molar-refractivity contribution in [2.75, 3.05) is 11.9 Å². The molecule has 2 aliphatic heterocycles. The monoisotopic (exact) mass is 462 g/mol. The predicted molar refractivity (Wildman–Crippen MR) is 125 cm³/mol. The predicted octanol–water partition coefficient (Wildman–Crippen LogP) is 3.92. The Hall–Kier alpha value is -3.62. The fourth-order valence-corrected chi connectivity index (χ4v) is 4.75. The highest BCUT2D eigenvalue weighted by molar-refractivity contribution is 6.04. The number of anilines is 1. The number of hydrogen-bond acceptors (Lipinski definition) is 5. The van der Waals surface area contributed by atoms with Gasteiger partial charge in [-0.1, -0.05) is 13.0 Å². The van der Waals surface area contributed by atoms with E-state index in [0.29, 0.717) is 43.3 Å². The second-order valence-corrected chi connectivity index (χ2v) is 8.98. The molecular formula is C25H27FN6O2. The van der Waals surface area contributed by atoms with Crippen LogP contribution in [0.5, 0.6) is 0 Å². The summed E-state index contributed by atoms with van der Waals surface area (Å²) in [7, 11) is 0. The first-order chi connectivity index (χ1) is 16.4. The van der Waals surface area contributed by atoms with Gasteiger partial charge in [0.2, 0.25) is 5.91 Å². The number of carbonyl (C=O) groups excluding carboxylic acids is 2. The lowest BCUT2D eigenvalue weighted by atomic mass is 9.96. The molecule has 9 heteroatoms. The molecule has 0 unspecified atom stereocenters. The van der Waals surface area contributed by atoms with Gasteiger partial charge in [-0.2, -0.15) is 0 Å². The normalized spacial score (nSPS) is 16.8. The topological polar surface area (TPSA) is 93.0 Å². The molecule has 8 nitrogen and oxygen atoms in total. The molecular weight excluding hydrogens is 435 g/mol.